The molecule has 0 spiro atoms. The van der Waals surface area contributed by atoms with Crippen LogP contribution in [0.5, 0.6) is 5.75 Å². The number of likely N-dealkylation sites (N-methyl/N-ethyl adjacent to an activating group) is 1. The van der Waals surface area contributed by atoms with Crippen molar-refractivity contribution in [3.63, 3.8) is 0 Å². The van der Waals surface area contributed by atoms with Gasteiger partial charge in [0, 0.05) is 55.9 Å². The van der Waals surface area contributed by atoms with E-state index in [0.29, 0.717) is 56.3 Å². The van der Waals surface area contributed by atoms with Gasteiger partial charge in [0.2, 0.25) is 26.0 Å². The zero-order valence-electron chi connectivity index (χ0n) is 21.5. The molecule has 10 nitrogen and oxygen atoms in total. The monoisotopic (exact) mass is 584 g/mol. The molecule has 0 aromatic heterocycles. The van der Waals surface area contributed by atoms with Gasteiger partial charge in [0.15, 0.2) is 0 Å². The summed E-state index contributed by atoms with van der Waals surface area (Å²) in [5.74, 6) is -0.356. The summed E-state index contributed by atoms with van der Waals surface area (Å²) in [6.07, 6.45) is 0.705. The van der Waals surface area contributed by atoms with Crippen LogP contribution in [0.15, 0.2) is 52.3 Å². The van der Waals surface area contributed by atoms with Crippen molar-refractivity contribution >= 4 is 43.2 Å². The number of hydrogen-bond acceptors (Lipinski definition) is 7. The molecule has 13 heteroatoms. The van der Waals surface area contributed by atoms with E-state index >= 15 is 0 Å². The summed E-state index contributed by atoms with van der Waals surface area (Å²) in [4.78, 5) is 15.2. The first-order chi connectivity index (χ1) is 18.0. The Kier molecular flexibility index (Phi) is 9.00. The lowest BCUT2D eigenvalue weighted by Gasteiger charge is -2.31. The minimum atomic E-state index is -3.85. The number of ether oxygens (including phenoxy) is 1. The van der Waals surface area contributed by atoms with Gasteiger partial charge >= 0.3 is 0 Å². The van der Waals surface area contributed by atoms with Crippen molar-refractivity contribution < 1.29 is 26.4 Å². The van der Waals surface area contributed by atoms with Gasteiger partial charge in [-0.1, -0.05) is 11.6 Å². The highest BCUT2D eigenvalue weighted by atomic mass is 35.5. The summed E-state index contributed by atoms with van der Waals surface area (Å²) in [7, 11) is -5.48. The Labute approximate surface area is 229 Å². The molecule has 38 heavy (non-hydrogen) atoms. The van der Waals surface area contributed by atoms with Crippen molar-refractivity contribution in [3.8, 4) is 5.75 Å². The van der Waals surface area contributed by atoms with Gasteiger partial charge in [-0.3, -0.25) is 4.79 Å². The average molecular weight is 585 g/mol. The van der Waals surface area contributed by atoms with E-state index in [2.05, 4.69) is 10.2 Å². The lowest BCUT2D eigenvalue weighted by Crippen LogP contribution is -2.46. The third-order valence-electron chi connectivity index (χ3n) is 6.87. The summed E-state index contributed by atoms with van der Waals surface area (Å²) < 4.78 is 60.7. The Morgan fingerprint density at radius 2 is 1.53 bits per heavy atom. The van der Waals surface area contributed by atoms with Gasteiger partial charge in [-0.25, -0.2) is 16.8 Å². The lowest BCUT2D eigenvalue weighted by molar-refractivity contribution is -0.120. The van der Waals surface area contributed by atoms with Crippen LogP contribution in [0, 0.1) is 5.92 Å². The molecule has 2 aromatic rings. The van der Waals surface area contributed by atoms with Crippen molar-refractivity contribution in [1.82, 2.24) is 13.5 Å². The maximum Gasteiger partial charge on any atom is 0.246 e. The molecule has 4 rings (SSSR count). The number of nitrogens with one attached hydrogen (secondary N) is 1. The first-order valence-corrected chi connectivity index (χ1v) is 15.8. The summed E-state index contributed by atoms with van der Waals surface area (Å²) in [6, 6.07) is 10.7. The predicted octanol–water partition coefficient (Wildman–Crippen LogP) is 2.71. The van der Waals surface area contributed by atoms with Crippen LogP contribution < -0.4 is 10.1 Å². The van der Waals surface area contributed by atoms with Crippen molar-refractivity contribution in [2.24, 2.45) is 5.92 Å². The van der Waals surface area contributed by atoms with Crippen molar-refractivity contribution in [2.45, 2.75) is 29.6 Å². The highest BCUT2D eigenvalue weighted by Gasteiger charge is 2.34. The molecule has 0 saturated carbocycles. The Morgan fingerprint density at radius 3 is 2.13 bits per heavy atom. The SMILES string of the molecule is CCOc1ccc(Cl)cc1S(=O)(=O)N1CCC(C(=O)Nc2ccc(S(=O)(=O)N3CCN(C)CC3)cc2)CC1. The van der Waals surface area contributed by atoms with Gasteiger partial charge < -0.3 is 15.0 Å². The third kappa shape index (κ3) is 6.32. The van der Waals surface area contributed by atoms with E-state index in [-0.39, 0.29) is 40.5 Å². The van der Waals surface area contributed by atoms with E-state index in [0.717, 1.165) is 0 Å². The number of carbonyl (C=O) groups is 1. The second-order valence-corrected chi connectivity index (χ2v) is 13.7. The molecule has 1 amide bonds. The fourth-order valence-corrected chi connectivity index (χ4v) is 7.87. The predicted molar refractivity (Wildman–Crippen MR) is 145 cm³/mol. The molecule has 2 heterocycles. The van der Waals surface area contributed by atoms with Crippen LogP contribution in [0.25, 0.3) is 0 Å². The molecule has 2 aromatic carbocycles. The Morgan fingerprint density at radius 1 is 0.921 bits per heavy atom. The average Bonchev–Trinajstić information content (AvgIpc) is 2.90. The summed E-state index contributed by atoms with van der Waals surface area (Å²) in [5.41, 5.74) is 0.489. The number of halogens is 1. The first-order valence-electron chi connectivity index (χ1n) is 12.5. The maximum absolute atomic E-state index is 13.3. The summed E-state index contributed by atoms with van der Waals surface area (Å²) in [6.45, 7) is 4.69. The number of amides is 1. The van der Waals surface area contributed by atoms with E-state index < -0.39 is 20.0 Å². The van der Waals surface area contributed by atoms with Crippen LogP contribution in [0.2, 0.25) is 5.02 Å². The second kappa shape index (κ2) is 11.9. The van der Waals surface area contributed by atoms with Crippen LogP contribution in [0.3, 0.4) is 0 Å². The highest BCUT2D eigenvalue weighted by Crippen LogP contribution is 2.32. The van der Waals surface area contributed by atoms with Crippen molar-refractivity contribution in [1.29, 1.82) is 0 Å². The molecular formula is C25H33ClN4O6S2. The van der Waals surface area contributed by atoms with E-state index in [1.54, 1.807) is 31.2 Å². The molecule has 2 fully saturated rings. The largest absolute Gasteiger partial charge is 0.492 e. The second-order valence-electron chi connectivity index (χ2n) is 9.42. The number of carbonyl (C=O) groups excluding carboxylic acids is 1. The number of rotatable bonds is 8. The van der Waals surface area contributed by atoms with Gasteiger partial charge in [0.1, 0.15) is 10.6 Å². The maximum atomic E-state index is 13.3. The first kappa shape index (κ1) is 28.8. The van der Waals surface area contributed by atoms with Gasteiger partial charge in [-0.2, -0.15) is 8.61 Å². The van der Waals surface area contributed by atoms with Gasteiger partial charge in [-0.15, -0.1) is 0 Å². The summed E-state index contributed by atoms with van der Waals surface area (Å²) >= 11 is 6.05. The van der Waals surface area contributed by atoms with Gasteiger partial charge in [0.05, 0.1) is 11.5 Å². The molecule has 2 saturated heterocycles. The third-order valence-corrected chi connectivity index (χ3v) is 10.9. The smallest absolute Gasteiger partial charge is 0.246 e. The van der Waals surface area contributed by atoms with Crippen molar-refractivity contribution in [3.05, 3.63) is 47.5 Å². The van der Waals surface area contributed by atoms with Crippen LogP contribution in [0.1, 0.15) is 19.8 Å². The molecule has 0 atom stereocenters. The molecule has 208 valence electrons. The number of benzene rings is 2. The molecule has 0 unspecified atom stereocenters. The van der Waals surface area contributed by atoms with Crippen LogP contribution in [-0.2, 0) is 24.8 Å². The fourth-order valence-electron chi connectivity index (χ4n) is 4.59. The Bertz CT molecular complexity index is 1350. The number of nitrogens with zero attached hydrogens (tertiary/aromatic N) is 3. The Hall–Kier alpha value is -2.22. The van der Waals surface area contributed by atoms with Crippen LogP contribution in [-0.4, -0.2) is 89.2 Å². The minimum Gasteiger partial charge on any atom is -0.492 e. The molecule has 2 aliphatic heterocycles. The quantitative estimate of drug-likeness (QED) is 0.507. The fraction of sp³-hybridized carbons (Fsp3) is 0.480. The number of sulfonamides is 2. The summed E-state index contributed by atoms with van der Waals surface area (Å²) in [5, 5.41) is 3.13. The van der Waals surface area contributed by atoms with Gasteiger partial charge in [0.25, 0.3) is 0 Å². The van der Waals surface area contributed by atoms with Crippen molar-refractivity contribution in [2.75, 3.05) is 58.2 Å². The number of anilines is 1. The topological polar surface area (TPSA) is 116 Å². The minimum absolute atomic E-state index is 0.0152. The molecule has 0 bridgehead atoms. The normalized spacial score (nSPS) is 18.8. The standard InChI is InChI=1S/C25H33ClN4O6S2/c1-3-36-23-9-4-20(26)18-24(23)38(34,35)29-12-10-19(11-13-29)25(31)27-21-5-7-22(8-6-21)37(32,33)30-16-14-28(2)15-17-30/h4-9,18-19H,3,10-17H2,1-2H3,(H,27,31). The highest BCUT2D eigenvalue weighted by molar-refractivity contribution is 7.89. The molecular weight excluding hydrogens is 552 g/mol. The number of piperazine rings is 1. The Balaban J connectivity index is 1.36. The number of piperidine rings is 1. The van der Waals surface area contributed by atoms with E-state index in [9.17, 15) is 21.6 Å². The molecule has 0 aliphatic carbocycles. The van der Waals surface area contributed by atoms with E-state index in [1.165, 1.54) is 26.8 Å². The van der Waals surface area contributed by atoms with Crippen LogP contribution >= 0.6 is 11.6 Å². The number of hydrogen-bond donors (Lipinski definition) is 1. The van der Waals surface area contributed by atoms with Gasteiger partial charge in [-0.05, 0) is 69.3 Å². The lowest BCUT2D eigenvalue weighted by atomic mass is 9.97. The van der Waals surface area contributed by atoms with Crippen LogP contribution in [0.4, 0.5) is 5.69 Å². The molecule has 2 aliphatic rings. The zero-order valence-corrected chi connectivity index (χ0v) is 23.9. The molecule has 1 N–H and O–H groups in total. The van der Waals surface area contributed by atoms with E-state index in [1.807, 2.05) is 7.05 Å². The molecule has 0 radical (unpaired) electrons. The van der Waals surface area contributed by atoms with E-state index in [4.69, 9.17) is 16.3 Å². The zero-order chi connectivity index (χ0) is 27.5.